The molecule has 0 unspecified atom stereocenters. The summed E-state index contributed by atoms with van der Waals surface area (Å²) in [4.78, 5) is 30.4. The van der Waals surface area contributed by atoms with E-state index in [0.717, 1.165) is 29.8 Å². The highest BCUT2D eigenvalue weighted by atomic mass is 16.6. The number of nitrogens with zero attached hydrogens (tertiary/aromatic N) is 3. The third kappa shape index (κ3) is 4.89. The van der Waals surface area contributed by atoms with Crippen molar-refractivity contribution in [2.75, 3.05) is 44.7 Å². The van der Waals surface area contributed by atoms with Crippen LogP contribution in [0.25, 0.3) is 5.57 Å². The average molecular weight is 371 g/mol. The van der Waals surface area contributed by atoms with Gasteiger partial charge in [-0.05, 0) is 57.5 Å². The number of rotatable bonds is 2. The Balaban J connectivity index is 1.74. The van der Waals surface area contributed by atoms with E-state index >= 15 is 0 Å². The molecular formula is C21H29N3O3. The quantitative estimate of drug-likeness (QED) is 0.802. The van der Waals surface area contributed by atoms with Gasteiger partial charge in [0.2, 0.25) is 5.91 Å². The van der Waals surface area contributed by atoms with E-state index in [1.54, 1.807) is 4.90 Å². The minimum Gasteiger partial charge on any atom is -0.444 e. The topological polar surface area (TPSA) is 53.1 Å². The normalized spacial score (nSPS) is 19.1. The maximum absolute atomic E-state index is 12.4. The average Bonchev–Trinajstić information content (AvgIpc) is 2.60. The Morgan fingerprint density at radius 1 is 1.11 bits per heavy atom. The minimum atomic E-state index is -0.500. The van der Waals surface area contributed by atoms with Gasteiger partial charge in [0.25, 0.3) is 0 Å². The van der Waals surface area contributed by atoms with Crippen molar-refractivity contribution in [3.8, 4) is 0 Å². The molecule has 1 aromatic rings. The van der Waals surface area contributed by atoms with Gasteiger partial charge in [0.1, 0.15) is 5.60 Å². The van der Waals surface area contributed by atoms with Crippen molar-refractivity contribution in [1.82, 2.24) is 9.80 Å². The summed E-state index contributed by atoms with van der Waals surface area (Å²) in [5.41, 5.74) is 2.56. The zero-order valence-electron chi connectivity index (χ0n) is 16.7. The van der Waals surface area contributed by atoms with E-state index in [9.17, 15) is 9.59 Å². The van der Waals surface area contributed by atoms with Crippen molar-refractivity contribution in [2.24, 2.45) is 0 Å². The predicted molar refractivity (Wildman–Crippen MR) is 107 cm³/mol. The van der Waals surface area contributed by atoms with Crippen LogP contribution in [0.5, 0.6) is 0 Å². The van der Waals surface area contributed by atoms with Gasteiger partial charge in [0.15, 0.2) is 0 Å². The van der Waals surface area contributed by atoms with Gasteiger partial charge < -0.3 is 14.5 Å². The Bertz CT molecular complexity index is 751. The molecule has 0 aliphatic carbocycles. The van der Waals surface area contributed by atoms with Gasteiger partial charge in [-0.2, -0.15) is 0 Å². The molecule has 1 aromatic carbocycles. The van der Waals surface area contributed by atoms with Gasteiger partial charge in [-0.1, -0.05) is 18.2 Å². The number of hydrogen-bond donors (Lipinski definition) is 0. The van der Waals surface area contributed by atoms with Gasteiger partial charge in [-0.15, -0.1) is 0 Å². The van der Waals surface area contributed by atoms with Crippen LogP contribution in [-0.4, -0.2) is 67.2 Å². The summed E-state index contributed by atoms with van der Waals surface area (Å²) < 4.78 is 5.51. The number of carbonyl (C=O) groups is 2. The van der Waals surface area contributed by atoms with E-state index in [0.29, 0.717) is 26.2 Å². The molecule has 3 rings (SSSR count). The summed E-state index contributed by atoms with van der Waals surface area (Å²) in [5, 5.41) is 0. The Hall–Kier alpha value is -2.34. The van der Waals surface area contributed by atoms with Gasteiger partial charge in [-0.3, -0.25) is 9.69 Å². The number of piperazine rings is 1. The van der Waals surface area contributed by atoms with Gasteiger partial charge in [0, 0.05) is 31.9 Å². The number of anilines is 1. The number of amides is 2. The molecule has 0 aromatic heterocycles. The lowest BCUT2D eigenvalue weighted by molar-refractivity contribution is -0.120. The first-order valence-electron chi connectivity index (χ1n) is 9.49. The smallest absolute Gasteiger partial charge is 0.410 e. The Morgan fingerprint density at radius 3 is 2.59 bits per heavy atom. The van der Waals surface area contributed by atoms with Crippen LogP contribution in [0.3, 0.4) is 0 Å². The third-order valence-electron chi connectivity index (χ3n) is 4.74. The number of hydrogen-bond acceptors (Lipinski definition) is 4. The summed E-state index contributed by atoms with van der Waals surface area (Å²) in [5.74, 6) is 0.119. The van der Waals surface area contributed by atoms with E-state index in [1.807, 2.05) is 61.9 Å². The molecule has 2 heterocycles. The van der Waals surface area contributed by atoms with Crippen LogP contribution in [0.1, 0.15) is 32.8 Å². The van der Waals surface area contributed by atoms with Crippen molar-refractivity contribution in [3.05, 3.63) is 35.9 Å². The fourth-order valence-corrected chi connectivity index (χ4v) is 3.37. The molecule has 6 nitrogen and oxygen atoms in total. The highest BCUT2D eigenvalue weighted by molar-refractivity contribution is 5.96. The second-order valence-corrected chi connectivity index (χ2v) is 8.25. The van der Waals surface area contributed by atoms with Crippen molar-refractivity contribution >= 4 is 23.3 Å². The van der Waals surface area contributed by atoms with E-state index in [1.165, 1.54) is 0 Å². The van der Waals surface area contributed by atoms with Crippen LogP contribution in [0, 0.1) is 0 Å². The molecule has 0 radical (unpaired) electrons. The molecule has 27 heavy (non-hydrogen) atoms. The zero-order valence-corrected chi connectivity index (χ0v) is 16.7. The number of carbonyl (C=O) groups excluding carboxylic acids is 2. The molecule has 0 saturated carbocycles. The number of benzene rings is 1. The first-order valence-corrected chi connectivity index (χ1v) is 9.49. The monoisotopic (exact) mass is 371 g/mol. The molecule has 146 valence electrons. The van der Waals surface area contributed by atoms with Crippen LogP contribution in [-0.2, 0) is 9.53 Å². The van der Waals surface area contributed by atoms with Crippen LogP contribution in [0.15, 0.2) is 30.3 Å². The second-order valence-electron chi connectivity index (χ2n) is 8.25. The summed E-state index contributed by atoms with van der Waals surface area (Å²) in [6.45, 7) is 8.82. The van der Waals surface area contributed by atoms with Crippen LogP contribution >= 0.6 is 0 Å². The van der Waals surface area contributed by atoms with Crippen LogP contribution in [0.4, 0.5) is 10.5 Å². The fourth-order valence-electron chi connectivity index (χ4n) is 3.37. The molecular weight excluding hydrogens is 342 g/mol. The molecule has 0 atom stereocenters. The summed E-state index contributed by atoms with van der Waals surface area (Å²) >= 11 is 0. The molecule has 2 amide bonds. The van der Waals surface area contributed by atoms with E-state index in [-0.39, 0.29) is 12.0 Å². The zero-order chi connectivity index (χ0) is 19.6. The number of likely N-dealkylation sites (N-methyl/N-ethyl adjacent to an activating group) is 1. The Labute approximate surface area is 161 Å². The molecule has 6 heteroatoms. The van der Waals surface area contributed by atoms with Gasteiger partial charge in [0.05, 0.1) is 6.54 Å². The maximum Gasteiger partial charge on any atom is 0.410 e. The van der Waals surface area contributed by atoms with Crippen molar-refractivity contribution in [1.29, 1.82) is 0 Å². The van der Waals surface area contributed by atoms with Crippen molar-refractivity contribution < 1.29 is 14.3 Å². The van der Waals surface area contributed by atoms with Crippen molar-refractivity contribution in [3.63, 3.8) is 0 Å². The van der Waals surface area contributed by atoms with Gasteiger partial charge in [-0.25, -0.2) is 4.79 Å². The lowest BCUT2D eigenvalue weighted by Gasteiger charge is -2.33. The molecule has 0 N–H and O–H groups in total. The highest BCUT2D eigenvalue weighted by Crippen LogP contribution is 2.26. The maximum atomic E-state index is 12.4. The molecule has 2 aliphatic heterocycles. The molecule has 0 spiro atoms. The van der Waals surface area contributed by atoms with Crippen LogP contribution in [0.2, 0.25) is 0 Å². The van der Waals surface area contributed by atoms with E-state index in [4.69, 9.17) is 4.74 Å². The fraction of sp³-hybridized carbons (Fsp3) is 0.524. The minimum absolute atomic E-state index is 0.119. The lowest BCUT2D eigenvalue weighted by Crippen LogP contribution is -2.48. The number of ether oxygens (including phenoxy) is 1. The molecule has 2 aliphatic rings. The Morgan fingerprint density at radius 2 is 1.89 bits per heavy atom. The third-order valence-corrected chi connectivity index (χ3v) is 4.74. The summed E-state index contributed by atoms with van der Waals surface area (Å²) in [6, 6.07) is 8.04. The summed E-state index contributed by atoms with van der Waals surface area (Å²) in [7, 11) is 1.96. The summed E-state index contributed by atoms with van der Waals surface area (Å²) in [6.07, 6.45) is 2.69. The molecule has 1 fully saturated rings. The predicted octanol–water partition coefficient (Wildman–Crippen LogP) is 2.99. The van der Waals surface area contributed by atoms with Crippen molar-refractivity contribution in [2.45, 2.75) is 32.8 Å². The van der Waals surface area contributed by atoms with Crippen LogP contribution < -0.4 is 4.90 Å². The van der Waals surface area contributed by atoms with Gasteiger partial charge >= 0.3 is 6.09 Å². The largest absolute Gasteiger partial charge is 0.444 e. The van der Waals surface area contributed by atoms with E-state index in [2.05, 4.69) is 6.08 Å². The Kier molecular flexibility index (Phi) is 5.56. The van der Waals surface area contributed by atoms with E-state index < -0.39 is 5.60 Å². The molecule has 0 bridgehead atoms. The first kappa shape index (κ1) is 19.4. The molecule has 1 saturated heterocycles. The SMILES string of the molecule is CN1CCN(c2cccc(C3=CCCN(C(=O)OC(C)(C)C)C3)c2)C(=O)C1. The standard InChI is InChI=1S/C21H29N3O3/c1-21(2,3)27-20(26)23-10-6-8-17(14-23)16-7-5-9-18(13-16)24-12-11-22(4)15-19(24)25/h5,7-9,13H,6,10-12,14-15H2,1-4H3. The highest BCUT2D eigenvalue weighted by Gasteiger charge is 2.26. The second kappa shape index (κ2) is 7.72. The first-order chi connectivity index (χ1) is 12.7. The lowest BCUT2D eigenvalue weighted by atomic mass is 10.0.